The van der Waals surface area contributed by atoms with Gasteiger partial charge in [0, 0.05) is 31.3 Å². The Labute approximate surface area is 163 Å². The van der Waals surface area contributed by atoms with Crippen LogP contribution in [0.1, 0.15) is 20.8 Å². The van der Waals surface area contributed by atoms with Crippen LogP contribution in [0.15, 0.2) is 24.3 Å². The van der Waals surface area contributed by atoms with Gasteiger partial charge in [0.05, 0.1) is 13.2 Å². The smallest absolute Gasteiger partial charge is 0.263 e. The fourth-order valence-corrected chi connectivity index (χ4v) is 3.18. The SMILES string of the molecule is CC(=O)Nc1ccc(-c2nc3c(c(N4CCOCC4)n2)OCC(C)(C)O3)cc1. The summed E-state index contributed by atoms with van der Waals surface area (Å²) in [7, 11) is 0. The lowest BCUT2D eigenvalue weighted by molar-refractivity contribution is -0.114. The maximum atomic E-state index is 11.2. The lowest BCUT2D eigenvalue weighted by Crippen LogP contribution is -2.41. The number of hydrogen-bond donors (Lipinski definition) is 1. The molecule has 1 aromatic carbocycles. The van der Waals surface area contributed by atoms with E-state index < -0.39 is 5.60 Å². The van der Waals surface area contributed by atoms with E-state index in [-0.39, 0.29) is 5.91 Å². The van der Waals surface area contributed by atoms with Gasteiger partial charge in [0.15, 0.2) is 11.6 Å². The third-order valence-corrected chi connectivity index (χ3v) is 4.53. The van der Waals surface area contributed by atoms with Crippen LogP contribution in [0.25, 0.3) is 11.4 Å². The van der Waals surface area contributed by atoms with E-state index in [1.165, 1.54) is 6.92 Å². The highest BCUT2D eigenvalue weighted by molar-refractivity contribution is 5.88. The number of rotatable bonds is 3. The van der Waals surface area contributed by atoms with E-state index in [0.717, 1.165) is 30.2 Å². The fraction of sp³-hybridized carbons (Fsp3) is 0.450. The summed E-state index contributed by atoms with van der Waals surface area (Å²) in [6, 6.07) is 7.42. The van der Waals surface area contributed by atoms with Gasteiger partial charge in [0.2, 0.25) is 11.7 Å². The van der Waals surface area contributed by atoms with Gasteiger partial charge in [0.1, 0.15) is 12.2 Å². The van der Waals surface area contributed by atoms with Crippen molar-refractivity contribution in [1.29, 1.82) is 0 Å². The number of benzene rings is 1. The Balaban J connectivity index is 1.74. The summed E-state index contributed by atoms with van der Waals surface area (Å²) >= 11 is 0. The first-order valence-electron chi connectivity index (χ1n) is 9.36. The summed E-state index contributed by atoms with van der Waals surface area (Å²) in [5, 5.41) is 2.76. The van der Waals surface area contributed by atoms with E-state index in [1.54, 1.807) is 0 Å². The van der Waals surface area contributed by atoms with Gasteiger partial charge < -0.3 is 24.4 Å². The Bertz CT molecular complexity index is 877. The highest BCUT2D eigenvalue weighted by Gasteiger charge is 2.34. The summed E-state index contributed by atoms with van der Waals surface area (Å²) in [5.41, 5.74) is 1.10. The number of aromatic nitrogens is 2. The average Bonchev–Trinajstić information content (AvgIpc) is 2.67. The topological polar surface area (TPSA) is 85.8 Å². The van der Waals surface area contributed by atoms with Gasteiger partial charge in [-0.2, -0.15) is 4.98 Å². The van der Waals surface area contributed by atoms with Gasteiger partial charge in [0.25, 0.3) is 5.88 Å². The van der Waals surface area contributed by atoms with Crippen LogP contribution < -0.4 is 19.7 Å². The molecule has 4 rings (SSSR count). The molecular formula is C20H24N4O4. The first-order valence-corrected chi connectivity index (χ1v) is 9.36. The van der Waals surface area contributed by atoms with Gasteiger partial charge in [-0.3, -0.25) is 4.79 Å². The Kier molecular flexibility index (Phi) is 4.80. The Hall–Kier alpha value is -2.87. The van der Waals surface area contributed by atoms with Crippen molar-refractivity contribution in [3.8, 4) is 23.0 Å². The maximum Gasteiger partial charge on any atom is 0.263 e. The monoisotopic (exact) mass is 384 g/mol. The summed E-state index contributed by atoms with van der Waals surface area (Å²) < 4.78 is 17.6. The molecule has 0 aliphatic carbocycles. The summed E-state index contributed by atoms with van der Waals surface area (Å²) in [4.78, 5) is 22.8. The Morgan fingerprint density at radius 3 is 2.54 bits per heavy atom. The van der Waals surface area contributed by atoms with Crippen LogP contribution in [-0.4, -0.2) is 54.4 Å². The zero-order chi connectivity index (χ0) is 19.7. The van der Waals surface area contributed by atoms with E-state index in [9.17, 15) is 4.79 Å². The summed E-state index contributed by atoms with van der Waals surface area (Å²) in [5.74, 6) is 2.20. The highest BCUT2D eigenvalue weighted by Crippen LogP contribution is 2.42. The molecular weight excluding hydrogens is 360 g/mol. The number of nitrogens with zero attached hydrogens (tertiary/aromatic N) is 3. The molecule has 148 valence electrons. The van der Waals surface area contributed by atoms with Gasteiger partial charge in [-0.15, -0.1) is 0 Å². The molecule has 28 heavy (non-hydrogen) atoms. The van der Waals surface area contributed by atoms with Gasteiger partial charge in [-0.25, -0.2) is 4.98 Å². The van der Waals surface area contributed by atoms with Crippen LogP contribution in [-0.2, 0) is 9.53 Å². The van der Waals surface area contributed by atoms with Crippen molar-refractivity contribution in [3.63, 3.8) is 0 Å². The van der Waals surface area contributed by atoms with Crippen LogP contribution in [0.4, 0.5) is 11.5 Å². The van der Waals surface area contributed by atoms with Crippen molar-refractivity contribution in [2.24, 2.45) is 0 Å². The van der Waals surface area contributed by atoms with Crippen LogP contribution in [0, 0.1) is 0 Å². The standard InChI is InChI=1S/C20H24N4O4/c1-13(25)21-15-6-4-14(5-7-15)17-22-18(24-8-10-26-11-9-24)16-19(23-17)28-20(2,3)12-27-16/h4-7H,8-12H2,1-3H3,(H,21,25). The van der Waals surface area contributed by atoms with E-state index >= 15 is 0 Å². The number of carbonyl (C=O) groups excluding carboxylic acids is 1. The number of hydrogen-bond acceptors (Lipinski definition) is 7. The largest absolute Gasteiger partial charge is 0.481 e. The zero-order valence-corrected chi connectivity index (χ0v) is 16.3. The molecule has 8 heteroatoms. The third-order valence-electron chi connectivity index (χ3n) is 4.53. The van der Waals surface area contributed by atoms with E-state index in [0.29, 0.717) is 37.3 Å². The molecule has 1 amide bonds. The van der Waals surface area contributed by atoms with Crippen molar-refractivity contribution in [2.45, 2.75) is 26.4 Å². The summed E-state index contributed by atoms with van der Waals surface area (Å²) in [6.07, 6.45) is 0. The predicted molar refractivity (Wildman–Crippen MR) is 105 cm³/mol. The molecule has 0 spiro atoms. The van der Waals surface area contributed by atoms with Crippen molar-refractivity contribution < 1.29 is 19.0 Å². The number of anilines is 2. The molecule has 1 aromatic heterocycles. The highest BCUT2D eigenvalue weighted by atomic mass is 16.6. The molecule has 0 radical (unpaired) electrons. The second kappa shape index (κ2) is 7.27. The summed E-state index contributed by atoms with van der Waals surface area (Å²) in [6.45, 7) is 8.61. The second-order valence-electron chi connectivity index (χ2n) is 7.51. The molecule has 1 fully saturated rings. The van der Waals surface area contributed by atoms with Crippen molar-refractivity contribution in [1.82, 2.24) is 9.97 Å². The molecule has 1 saturated heterocycles. The maximum absolute atomic E-state index is 11.2. The number of carbonyl (C=O) groups is 1. The normalized spacial score (nSPS) is 17.9. The number of fused-ring (bicyclic) bond motifs is 1. The third kappa shape index (κ3) is 3.87. The number of morpholine rings is 1. The van der Waals surface area contributed by atoms with E-state index in [4.69, 9.17) is 19.2 Å². The first kappa shape index (κ1) is 18.5. The Morgan fingerprint density at radius 2 is 1.86 bits per heavy atom. The van der Waals surface area contributed by atoms with Crippen LogP contribution in [0.3, 0.4) is 0 Å². The molecule has 2 aliphatic heterocycles. The molecule has 0 saturated carbocycles. The minimum absolute atomic E-state index is 0.111. The lowest BCUT2D eigenvalue weighted by atomic mass is 10.1. The first-order chi connectivity index (χ1) is 13.4. The molecule has 8 nitrogen and oxygen atoms in total. The van der Waals surface area contributed by atoms with Crippen LogP contribution in [0.5, 0.6) is 11.6 Å². The molecule has 3 heterocycles. The quantitative estimate of drug-likeness (QED) is 0.870. The average molecular weight is 384 g/mol. The second-order valence-corrected chi connectivity index (χ2v) is 7.51. The van der Waals surface area contributed by atoms with Crippen LogP contribution >= 0.6 is 0 Å². The molecule has 0 atom stereocenters. The van der Waals surface area contributed by atoms with Crippen LogP contribution in [0.2, 0.25) is 0 Å². The fourth-order valence-electron chi connectivity index (χ4n) is 3.18. The molecule has 1 N–H and O–H groups in total. The van der Waals surface area contributed by atoms with Crippen molar-refractivity contribution in [3.05, 3.63) is 24.3 Å². The van der Waals surface area contributed by atoms with E-state index in [1.807, 2.05) is 38.1 Å². The zero-order valence-electron chi connectivity index (χ0n) is 16.3. The molecule has 2 aliphatic rings. The van der Waals surface area contributed by atoms with Crippen molar-refractivity contribution in [2.75, 3.05) is 43.1 Å². The van der Waals surface area contributed by atoms with Crippen molar-refractivity contribution >= 4 is 17.4 Å². The molecule has 0 bridgehead atoms. The molecule has 2 aromatic rings. The lowest BCUT2D eigenvalue weighted by Gasteiger charge is -2.35. The van der Waals surface area contributed by atoms with Gasteiger partial charge in [-0.1, -0.05) is 0 Å². The number of ether oxygens (including phenoxy) is 3. The molecule has 0 unspecified atom stereocenters. The minimum atomic E-state index is -0.462. The Morgan fingerprint density at radius 1 is 1.14 bits per heavy atom. The van der Waals surface area contributed by atoms with E-state index in [2.05, 4.69) is 15.2 Å². The minimum Gasteiger partial charge on any atom is -0.481 e. The number of amides is 1. The predicted octanol–water partition coefficient (Wildman–Crippen LogP) is 2.49. The van der Waals surface area contributed by atoms with Gasteiger partial charge >= 0.3 is 0 Å². The number of nitrogens with one attached hydrogen (secondary N) is 1. The van der Waals surface area contributed by atoms with Gasteiger partial charge in [-0.05, 0) is 38.1 Å².